The molecule has 100 valence electrons. The van der Waals surface area contributed by atoms with E-state index >= 15 is 0 Å². The summed E-state index contributed by atoms with van der Waals surface area (Å²) in [5, 5.41) is 11.3. The van der Waals surface area contributed by atoms with Crippen molar-refractivity contribution in [2.45, 2.75) is 39.5 Å². The molecular formula is C12H23NO4. The molecule has 0 heterocycles. The largest absolute Gasteiger partial charge is 0.481 e. The molecule has 1 amide bonds. The molecule has 0 aromatic heterocycles. The van der Waals surface area contributed by atoms with E-state index in [0.717, 1.165) is 6.42 Å². The second-order valence-corrected chi connectivity index (χ2v) is 4.93. The fraction of sp³-hybridized carbons (Fsp3) is 0.833. The van der Waals surface area contributed by atoms with Gasteiger partial charge in [0.05, 0.1) is 0 Å². The minimum atomic E-state index is -0.863. The summed E-state index contributed by atoms with van der Waals surface area (Å²) >= 11 is 0. The summed E-state index contributed by atoms with van der Waals surface area (Å²) in [7, 11) is 1.65. The van der Waals surface area contributed by atoms with Crippen LogP contribution in [-0.4, -0.2) is 37.2 Å². The Labute approximate surface area is 103 Å². The molecule has 5 nitrogen and oxygen atoms in total. The molecule has 5 heteroatoms. The Morgan fingerprint density at radius 1 is 1.29 bits per heavy atom. The summed E-state index contributed by atoms with van der Waals surface area (Å²) in [6.45, 7) is 5.37. The fourth-order valence-electron chi connectivity index (χ4n) is 1.29. The van der Waals surface area contributed by atoms with Gasteiger partial charge in [-0.1, -0.05) is 13.8 Å². The highest BCUT2D eigenvalue weighted by atomic mass is 16.5. The average molecular weight is 245 g/mol. The summed E-state index contributed by atoms with van der Waals surface area (Å²) < 4.78 is 5.00. The maximum Gasteiger partial charge on any atom is 0.303 e. The maximum atomic E-state index is 11.4. The molecule has 2 N–H and O–H groups in total. The van der Waals surface area contributed by atoms with Gasteiger partial charge in [-0.3, -0.25) is 9.59 Å². The van der Waals surface area contributed by atoms with Crippen molar-refractivity contribution >= 4 is 11.9 Å². The van der Waals surface area contributed by atoms with Gasteiger partial charge in [0.2, 0.25) is 5.91 Å². The molecule has 0 unspecified atom stereocenters. The lowest BCUT2D eigenvalue weighted by molar-refractivity contribution is -0.137. The highest BCUT2D eigenvalue weighted by Gasteiger charge is 2.18. The molecule has 0 fully saturated rings. The lowest BCUT2D eigenvalue weighted by atomic mass is 9.89. The van der Waals surface area contributed by atoms with Gasteiger partial charge in [-0.2, -0.15) is 0 Å². The van der Waals surface area contributed by atoms with Crippen molar-refractivity contribution in [3.8, 4) is 0 Å². The molecule has 17 heavy (non-hydrogen) atoms. The number of carbonyl (C=O) groups excluding carboxylic acids is 1. The van der Waals surface area contributed by atoms with Gasteiger partial charge in [0.25, 0.3) is 0 Å². The summed E-state index contributed by atoms with van der Waals surface area (Å²) in [5.41, 5.74) is -0.00152. The van der Waals surface area contributed by atoms with E-state index in [0.29, 0.717) is 19.6 Å². The number of rotatable bonds is 9. The zero-order valence-electron chi connectivity index (χ0n) is 10.9. The monoisotopic (exact) mass is 245 g/mol. The van der Waals surface area contributed by atoms with Crippen LogP contribution in [0.5, 0.6) is 0 Å². The first-order chi connectivity index (χ1) is 7.87. The normalized spacial score (nSPS) is 11.2. The Balaban J connectivity index is 3.71. The van der Waals surface area contributed by atoms with Gasteiger partial charge in [0, 0.05) is 33.1 Å². The smallest absolute Gasteiger partial charge is 0.303 e. The van der Waals surface area contributed by atoms with E-state index in [4.69, 9.17) is 9.84 Å². The van der Waals surface area contributed by atoms with E-state index in [-0.39, 0.29) is 24.2 Å². The third kappa shape index (κ3) is 9.81. The van der Waals surface area contributed by atoms with Gasteiger partial charge < -0.3 is 15.2 Å². The van der Waals surface area contributed by atoms with E-state index < -0.39 is 5.97 Å². The van der Waals surface area contributed by atoms with Crippen LogP contribution in [0, 0.1) is 5.41 Å². The lowest BCUT2D eigenvalue weighted by Gasteiger charge is -2.24. The van der Waals surface area contributed by atoms with Crippen LogP contribution in [0.3, 0.4) is 0 Å². The summed E-state index contributed by atoms with van der Waals surface area (Å²) in [6.07, 6.45) is 1.58. The molecular weight excluding hydrogens is 222 g/mol. The Hall–Kier alpha value is -1.10. The minimum absolute atomic E-state index is 0.00152. The second-order valence-electron chi connectivity index (χ2n) is 4.93. The highest BCUT2D eigenvalue weighted by molar-refractivity contribution is 5.76. The number of carboxylic acids is 1. The first-order valence-electron chi connectivity index (χ1n) is 5.85. The minimum Gasteiger partial charge on any atom is -0.481 e. The quantitative estimate of drug-likeness (QED) is 0.644. The fourth-order valence-corrected chi connectivity index (χ4v) is 1.29. The van der Waals surface area contributed by atoms with Crippen LogP contribution in [-0.2, 0) is 14.3 Å². The lowest BCUT2D eigenvalue weighted by Crippen LogP contribution is -2.34. The van der Waals surface area contributed by atoms with Crippen LogP contribution in [0.1, 0.15) is 39.5 Å². The molecule has 0 aromatic rings. The van der Waals surface area contributed by atoms with E-state index in [1.165, 1.54) is 0 Å². The van der Waals surface area contributed by atoms with Crippen LogP contribution < -0.4 is 5.32 Å². The Kier molecular flexibility index (Phi) is 7.54. The predicted molar refractivity (Wildman–Crippen MR) is 64.8 cm³/mol. The predicted octanol–water partition coefficient (Wildman–Crippen LogP) is 1.42. The standard InChI is InChI=1S/C12H23NO4/c1-12(2,7-8-17-3)9-13-10(14)5-4-6-11(15)16/h4-9H2,1-3H3,(H,13,14)(H,15,16). The second kappa shape index (κ2) is 8.06. The highest BCUT2D eigenvalue weighted by Crippen LogP contribution is 2.18. The third-order valence-corrected chi connectivity index (χ3v) is 2.54. The first-order valence-corrected chi connectivity index (χ1v) is 5.85. The summed E-state index contributed by atoms with van der Waals surface area (Å²) in [6, 6.07) is 0. The zero-order chi connectivity index (χ0) is 13.3. The molecule has 0 aromatic carbocycles. The van der Waals surface area contributed by atoms with Crippen molar-refractivity contribution in [1.82, 2.24) is 5.32 Å². The van der Waals surface area contributed by atoms with Crippen LogP contribution in [0.25, 0.3) is 0 Å². The summed E-state index contributed by atoms with van der Waals surface area (Å²) in [4.78, 5) is 21.7. The van der Waals surface area contributed by atoms with E-state index in [9.17, 15) is 9.59 Å². The number of hydrogen-bond acceptors (Lipinski definition) is 3. The molecule has 0 aliphatic heterocycles. The number of methoxy groups -OCH3 is 1. The van der Waals surface area contributed by atoms with E-state index in [1.807, 2.05) is 0 Å². The molecule has 0 aliphatic rings. The molecule has 0 saturated heterocycles. The number of carbonyl (C=O) groups is 2. The Bertz CT molecular complexity index is 251. The van der Waals surface area contributed by atoms with Crippen molar-refractivity contribution in [3.05, 3.63) is 0 Å². The Morgan fingerprint density at radius 2 is 1.94 bits per heavy atom. The van der Waals surface area contributed by atoms with Gasteiger partial charge >= 0.3 is 5.97 Å². The molecule has 0 rings (SSSR count). The van der Waals surface area contributed by atoms with Gasteiger partial charge in [-0.05, 0) is 18.3 Å². The molecule has 0 radical (unpaired) electrons. The van der Waals surface area contributed by atoms with Crippen molar-refractivity contribution in [1.29, 1.82) is 0 Å². The van der Waals surface area contributed by atoms with Crippen LogP contribution in [0.2, 0.25) is 0 Å². The van der Waals surface area contributed by atoms with Crippen molar-refractivity contribution in [2.24, 2.45) is 5.41 Å². The molecule has 0 spiro atoms. The van der Waals surface area contributed by atoms with Gasteiger partial charge in [0.1, 0.15) is 0 Å². The number of hydrogen-bond donors (Lipinski definition) is 2. The van der Waals surface area contributed by atoms with Gasteiger partial charge in [-0.25, -0.2) is 0 Å². The number of amides is 1. The average Bonchev–Trinajstić information content (AvgIpc) is 2.23. The number of carboxylic acid groups (broad SMARTS) is 1. The molecule has 0 bridgehead atoms. The maximum absolute atomic E-state index is 11.4. The van der Waals surface area contributed by atoms with Crippen molar-refractivity contribution < 1.29 is 19.4 Å². The van der Waals surface area contributed by atoms with E-state index in [2.05, 4.69) is 19.2 Å². The van der Waals surface area contributed by atoms with Crippen molar-refractivity contribution in [3.63, 3.8) is 0 Å². The van der Waals surface area contributed by atoms with Crippen LogP contribution in [0.15, 0.2) is 0 Å². The molecule has 0 atom stereocenters. The third-order valence-electron chi connectivity index (χ3n) is 2.54. The number of ether oxygens (including phenoxy) is 1. The zero-order valence-corrected chi connectivity index (χ0v) is 10.9. The molecule has 0 aliphatic carbocycles. The number of nitrogens with one attached hydrogen (secondary N) is 1. The SMILES string of the molecule is COCCC(C)(C)CNC(=O)CCCC(=O)O. The van der Waals surface area contributed by atoms with Crippen LogP contribution in [0.4, 0.5) is 0 Å². The Morgan fingerprint density at radius 3 is 2.47 bits per heavy atom. The topological polar surface area (TPSA) is 75.6 Å². The molecule has 0 saturated carbocycles. The van der Waals surface area contributed by atoms with Crippen LogP contribution >= 0.6 is 0 Å². The number of aliphatic carboxylic acids is 1. The van der Waals surface area contributed by atoms with E-state index in [1.54, 1.807) is 7.11 Å². The van der Waals surface area contributed by atoms with Crippen molar-refractivity contribution in [2.75, 3.05) is 20.3 Å². The van der Waals surface area contributed by atoms with Gasteiger partial charge in [-0.15, -0.1) is 0 Å². The first kappa shape index (κ1) is 15.9. The van der Waals surface area contributed by atoms with Gasteiger partial charge in [0.15, 0.2) is 0 Å². The summed E-state index contributed by atoms with van der Waals surface area (Å²) in [5.74, 6) is -0.949.